The minimum absolute atomic E-state index is 0.00713. The molecule has 2 fully saturated rings. The minimum atomic E-state index is -0.191. The third kappa shape index (κ3) is 4.14. The van der Waals surface area contributed by atoms with Gasteiger partial charge in [-0.15, -0.1) is 0 Å². The zero-order valence-electron chi connectivity index (χ0n) is 16.0. The first-order valence-corrected chi connectivity index (χ1v) is 10.1. The maximum atomic E-state index is 12.8. The van der Waals surface area contributed by atoms with Crippen LogP contribution in [-0.2, 0) is 4.79 Å². The summed E-state index contributed by atoms with van der Waals surface area (Å²) in [7, 11) is 0. The average Bonchev–Trinajstić information content (AvgIpc) is 3.51. The number of amides is 2. The maximum Gasteiger partial charge on any atom is 0.289 e. The zero-order valence-corrected chi connectivity index (χ0v) is 16.0. The van der Waals surface area contributed by atoms with Crippen LogP contribution >= 0.6 is 0 Å². The molecule has 1 N–H and O–H groups in total. The number of rotatable bonds is 6. The molecule has 0 aliphatic carbocycles. The molecule has 0 aromatic carbocycles. The summed E-state index contributed by atoms with van der Waals surface area (Å²) >= 11 is 0. The molecular weight excluding hydrogens is 358 g/mol. The minimum Gasteiger partial charge on any atom is -0.468 e. The lowest BCUT2D eigenvalue weighted by atomic mass is 9.96. The number of hydrogen-bond donors (Lipinski definition) is 1. The quantitative estimate of drug-likeness (QED) is 0.827. The van der Waals surface area contributed by atoms with Gasteiger partial charge in [-0.2, -0.15) is 0 Å². The maximum absolute atomic E-state index is 12.8. The topological polar surface area (TPSA) is 78.9 Å². The number of furan rings is 2. The van der Waals surface area contributed by atoms with Crippen molar-refractivity contribution >= 4 is 11.8 Å². The molecule has 0 radical (unpaired) electrons. The van der Waals surface area contributed by atoms with E-state index in [1.807, 2.05) is 12.1 Å². The van der Waals surface area contributed by atoms with Gasteiger partial charge < -0.3 is 19.1 Å². The molecule has 7 heteroatoms. The predicted molar refractivity (Wildman–Crippen MR) is 103 cm³/mol. The van der Waals surface area contributed by atoms with E-state index in [2.05, 4.69) is 10.2 Å². The largest absolute Gasteiger partial charge is 0.468 e. The van der Waals surface area contributed by atoms with E-state index < -0.39 is 0 Å². The van der Waals surface area contributed by atoms with Gasteiger partial charge in [0.15, 0.2) is 5.76 Å². The molecule has 28 heavy (non-hydrogen) atoms. The smallest absolute Gasteiger partial charge is 0.289 e. The number of nitrogens with one attached hydrogen (secondary N) is 1. The van der Waals surface area contributed by atoms with Gasteiger partial charge >= 0.3 is 0 Å². The highest BCUT2D eigenvalue weighted by Crippen LogP contribution is 2.25. The van der Waals surface area contributed by atoms with Gasteiger partial charge in [0.1, 0.15) is 5.76 Å². The fourth-order valence-electron chi connectivity index (χ4n) is 4.22. The van der Waals surface area contributed by atoms with Crippen molar-refractivity contribution < 1.29 is 18.4 Å². The monoisotopic (exact) mass is 385 g/mol. The molecule has 2 saturated heterocycles. The van der Waals surface area contributed by atoms with E-state index in [-0.39, 0.29) is 23.8 Å². The number of carbonyl (C=O) groups is 2. The Kier molecular flexibility index (Phi) is 5.81. The van der Waals surface area contributed by atoms with Crippen molar-refractivity contribution in [2.75, 3.05) is 32.7 Å². The van der Waals surface area contributed by atoms with Crippen molar-refractivity contribution in [3.8, 4) is 0 Å². The van der Waals surface area contributed by atoms with Crippen LogP contribution in [0.5, 0.6) is 0 Å². The molecule has 4 heterocycles. The number of nitrogens with zero attached hydrogens (tertiary/aromatic N) is 2. The summed E-state index contributed by atoms with van der Waals surface area (Å²) in [5.41, 5.74) is 0. The Balaban J connectivity index is 1.35. The molecule has 4 rings (SSSR count). The molecule has 2 atom stereocenters. The highest BCUT2D eigenvalue weighted by atomic mass is 16.3. The van der Waals surface area contributed by atoms with Crippen LogP contribution < -0.4 is 5.32 Å². The Bertz CT molecular complexity index is 766. The van der Waals surface area contributed by atoms with Crippen LogP contribution in [0, 0.1) is 5.92 Å². The third-order valence-electron chi connectivity index (χ3n) is 5.73. The molecule has 0 unspecified atom stereocenters. The summed E-state index contributed by atoms with van der Waals surface area (Å²) in [6, 6.07) is 7.29. The first-order valence-electron chi connectivity index (χ1n) is 10.1. The SMILES string of the molecule is O=C(NC[C@H](c1ccco1)N1CCCC1)[C@@H]1CCCN(C(=O)c2ccco2)C1. The molecule has 0 saturated carbocycles. The molecule has 2 aromatic heterocycles. The number of carbonyl (C=O) groups excluding carboxylic acids is 2. The van der Waals surface area contributed by atoms with E-state index >= 15 is 0 Å². The molecule has 7 nitrogen and oxygen atoms in total. The second-order valence-corrected chi connectivity index (χ2v) is 7.59. The Labute approximate surface area is 164 Å². The van der Waals surface area contributed by atoms with Gasteiger partial charge in [-0.3, -0.25) is 14.5 Å². The van der Waals surface area contributed by atoms with Gasteiger partial charge in [0, 0.05) is 19.6 Å². The molecule has 0 bridgehead atoms. The van der Waals surface area contributed by atoms with Gasteiger partial charge in [0.05, 0.1) is 24.5 Å². The van der Waals surface area contributed by atoms with E-state index in [0.717, 1.165) is 31.7 Å². The lowest BCUT2D eigenvalue weighted by molar-refractivity contribution is -0.126. The second kappa shape index (κ2) is 8.65. The van der Waals surface area contributed by atoms with Crippen molar-refractivity contribution in [3.63, 3.8) is 0 Å². The fourth-order valence-corrected chi connectivity index (χ4v) is 4.22. The van der Waals surface area contributed by atoms with Crippen LogP contribution in [0.1, 0.15) is 48.0 Å². The molecular formula is C21H27N3O4. The highest BCUT2D eigenvalue weighted by molar-refractivity contribution is 5.92. The highest BCUT2D eigenvalue weighted by Gasteiger charge is 2.31. The second-order valence-electron chi connectivity index (χ2n) is 7.59. The standard InChI is InChI=1S/C21H27N3O4/c25-20(16-6-3-11-24(15-16)21(26)19-8-5-13-28-19)22-14-17(18-7-4-12-27-18)23-9-1-2-10-23/h4-5,7-8,12-13,16-17H,1-3,6,9-11,14-15H2,(H,22,25)/t16-,17-/m1/s1. The summed E-state index contributed by atoms with van der Waals surface area (Å²) in [5, 5.41) is 3.11. The third-order valence-corrected chi connectivity index (χ3v) is 5.73. The van der Waals surface area contributed by atoms with Gasteiger partial charge in [-0.1, -0.05) is 0 Å². The van der Waals surface area contributed by atoms with Gasteiger partial charge in [0.2, 0.25) is 5.91 Å². The lowest BCUT2D eigenvalue weighted by Crippen LogP contribution is -2.46. The van der Waals surface area contributed by atoms with E-state index in [4.69, 9.17) is 8.83 Å². The Morgan fingerprint density at radius 3 is 2.57 bits per heavy atom. The number of piperidine rings is 1. The lowest BCUT2D eigenvalue weighted by Gasteiger charge is -2.32. The van der Waals surface area contributed by atoms with Crippen LogP contribution in [0.25, 0.3) is 0 Å². The van der Waals surface area contributed by atoms with Crippen LogP contribution in [0.2, 0.25) is 0 Å². The Morgan fingerprint density at radius 1 is 1.07 bits per heavy atom. The van der Waals surface area contributed by atoms with Crippen molar-refractivity contribution in [2.45, 2.75) is 31.7 Å². The van der Waals surface area contributed by atoms with Gasteiger partial charge in [-0.05, 0) is 63.0 Å². The van der Waals surface area contributed by atoms with Crippen LogP contribution in [-0.4, -0.2) is 54.3 Å². The van der Waals surface area contributed by atoms with Crippen LogP contribution in [0.4, 0.5) is 0 Å². The van der Waals surface area contributed by atoms with Gasteiger partial charge in [0.25, 0.3) is 5.91 Å². The van der Waals surface area contributed by atoms with Crippen molar-refractivity contribution in [1.29, 1.82) is 0 Å². The zero-order chi connectivity index (χ0) is 19.3. The summed E-state index contributed by atoms with van der Waals surface area (Å²) < 4.78 is 10.8. The first kappa shape index (κ1) is 18.8. The molecule has 2 amide bonds. The van der Waals surface area contributed by atoms with Crippen LogP contribution in [0.15, 0.2) is 45.6 Å². The Hall–Kier alpha value is -2.54. The van der Waals surface area contributed by atoms with Crippen molar-refractivity contribution in [3.05, 3.63) is 48.3 Å². The molecule has 0 spiro atoms. The predicted octanol–water partition coefficient (Wildman–Crippen LogP) is 2.68. The van der Waals surface area contributed by atoms with E-state index in [0.29, 0.717) is 25.4 Å². The first-order chi connectivity index (χ1) is 13.7. The normalized spacial score (nSPS) is 21.6. The number of hydrogen-bond acceptors (Lipinski definition) is 5. The molecule has 150 valence electrons. The molecule has 2 aromatic rings. The molecule has 2 aliphatic rings. The summed E-state index contributed by atoms with van der Waals surface area (Å²) in [4.78, 5) is 29.4. The van der Waals surface area contributed by atoms with E-state index in [9.17, 15) is 9.59 Å². The van der Waals surface area contributed by atoms with Crippen LogP contribution in [0.3, 0.4) is 0 Å². The average molecular weight is 385 g/mol. The van der Waals surface area contributed by atoms with Gasteiger partial charge in [-0.25, -0.2) is 0 Å². The van der Waals surface area contributed by atoms with Crippen molar-refractivity contribution in [1.82, 2.24) is 15.1 Å². The number of likely N-dealkylation sites (tertiary alicyclic amines) is 2. The summed E-state index contributed by atoms with van der Waals surface area (Å²) in [6.07, 6.45) is 7.14. The van der Waals surface area contributed by atoms with Crippen molar-refractivity contribution in [2.24, 2.45) is 5.92 Å². The Morgan fingerprint density at radius 2 is 1.86 bits per heavy atom. The summed E-state index contributed by atoms with van der Waals surface area (Å²) in [5.74, 6) is 0.887. The van der Waals surface area contributed by atoms with E-state index in [1.165, 1.54) is 19.1 Å². The molecule has 2 aliphatic heterocycles. The summed E-state index contributed by atoms with van der Waals surface area (Å²) in [6.45, 7) is 3.66. The van der Waals surface area contributed by atoms with E-state index in [1.54, 1.807) is 23.3 Å². The fraction of sp³-hybridized carbons (Fsp3) is 0.524.